The van der Waals surface area contributed by atoms with Crippen molar-refractivity contribution in [1.29, 1.82) is 0 Å². The maximum atomic E-state index is 11.7. The number of anilines is 1. The molecule has 1 aliphatic rings. The van der Waals surface area contributed by atoms with Gasteiger partial charge >= 0.3 is 0 Å². The average Bonchev–Trinajstić information content (AvgIpc) is 2.39. The van der Waals surface area contributed by atoms with Gasteiger partial charge in [-0.3, -0.25) is 4.79 Å². The van der Waals surface area contributed by atoms with Gasteiger partial charge in [0.15, 0.2) is 0 Å². The lowest BCUT2D eigenvalue weighted by molar-refractivity contribution is -0.115. The van der Waals surface area contributed by atoms with Crippen LogP contribution in [-0.4, -0.2) is 18.5 Å². The third-order valence-corrected chi connectivity index (χ3v) is 2.88. The summed E-state index contributed by atoms with van der Waals surface area (Å²) >= 11 is 0. The Bertz CT molecular complexity index is 386. The predicted octanol–water partition coefficient (Wildman–Crippen LogP) is 2.32. The third-order valence-electron chi connectivity index (χ3n) is 2.88. The van der Waals surface area contributed by atoms with Gasteiger partial charge in [0.05, 0.1) is 6.54 Å². The van der Waals surface area contributed by atoms with Gasteiger partial charge < -0.3 is 10.6 Å². The van der Waals surface area contributed by atoms with E-state index in [-0.39, 0.29) is 5.91 Å². The van der Waals surface area contributed by atoms with E-state index in [9.17, 15) is 4.79 Å². The molecule has 0 heterocycles. The summed E-state index contributed by atoms with van der Waals surface area (Å²) in [4.78, 5) is 11.7. The molecule has 1 aliphatic carbocycles. The molecule has 3 heteroatoms. The molecule has 0 radical (unpaired) electrons. The van der Waals surface area contributed by atoms with Crippen LogP contribution in [0.5, 0.6) is 0 Å². The lowest BCUT2D eigenvalue weighted by Gasteiger charge is -2.18. The number of hydrogen-bond donors (Lipinski definition) is 2. The fraction of sp³-hybridized carbons (Fsp3) is 0.357. The van der Waals surface area contributed by atoms with Crippen LogP contribution < -0.4 is 10.6 Å². The van der Waals surface area contributed by atoms with Crippen LogP contribution in [0.3, 0.4) is 0 Å². The summed E-state index contributed by atoms with van der Waals surface area (Å²) in [5.74, 6) is 0.0192. The Hall–Kier alpha value is -1.61. The summed E-state index contributed by atoms with van der Waals surface area (Å²) in [7, 11) is 0. The molecular weight excluding hydrogens is 212 g/mol. The highest BCUT2D eigenvalue weighted by Crippen LogP contribution is 2.10. The zero-order chi connectivity index (χ0) is 11.9. The monoisotopic (exact) mass is 230 g/mol. The molecule has 0 spiro atoms. The first-order valence-corrected chi connectivity index (χ1v) is 6.08. The van der Waals surface area contributed by atoms with E-state index in [1.165, 1.54) is 0 Å². The SMILES string of the molecule is O=C(CNC1CC=CCC1)Nc1ccccc1. The summed E-state index contributed by atoms with van der Waals surface area (Å²) in [6.45, 7) is 0.382. The van der Waals surface area contributed by atoms with Gasteiger partial charge in [0.1, 0.15) is 0 Å². The highest BCUT2D eigenvalue weighted by Gasteiger charge is 2.10. The first kappa shape index (κ1) is 11.9. The molecular formula is C14H18N2O. The van der Waals surface area contributed by atoms with E-state index in [0.29, 0.717) is 12.6 Å². The zero-order valence-electron chi connectivity index (χ0n) is 9.86. The third kappa shape index (κ3) is 4.04. The highest BCUT2D eigenvalue weighted by molar-refractivity contribution is 5.92. The standard InChI is InChI=1S/C14H18N2O/c17-14(16-13-9-5-2-6-10-13)11-15-12-7-3-1-4-8-12/h1-3,5-6,9-10,12,15H,4,7-8,11H2,(H,16,17). The summed E-state index contributed by atoms with van der Waals surface area (Å²) in [6.07, 6.45) is 7.63. The lowest BCUT2D eigenvalue weighted by Crippen LogP contribution is -2.36. The van der Waals surface area contributed by atoms with Gasteiger partial charge in [-0.05, 0) is 31.4 Å². The van der Waals surface area contributed by atoms with Crippen LogP contribution in [0.25, 0.3) is 0 Å². The molecule has 0 aliphatic heterocycles. The number of rotatable bonds is 4. The van der Waals surface area contributed by atoms with Crippen molar-refractivity contribution in [3.8, 4) is 0 Å². The molecule has 0 fully saturated rings. The Morgan fingerprint density at radius 2 is 2.06 bits per heavy atom. The van der Waals surface area contributed by atoms with Gasteiger partial charge in [-0.2, -0.15) is 0 Å². The van der Waals surface area contributed by atoms with Crippen LogP contribution >= 0.6 is 0 Å². The first-order valence-electron chi connectivity index (χ1n) is 6.08. The van der Waals surface area contributed by atoms with Crippen LogP contribution in [0.4, 0.5) is 5.69 Å². The van der Waals surface area contributed by atoms with E-state index in [1.807, 2.05) is 30.3 Å². The van der Waals surface area contributed by atoms with E-state index in [2.05, 4.69) is 22.8 Å². The van der Waals surface area contributed by atoms with Gasteiger partial charge in [-0.15, -0.1) is 0 Å². The molecule has 0 saturated carbocycles. The van der Waals surface area contributed by atoms with E-state index in [4.69, 9.17) is 0 Å². The average molecular weight is 230 g/mol. The van der Waals surface area contributed by atoms with Crippen LogP contribution in [0.2, 0.25) is 0 Å². The Labute approximate surface area is 102 Å². The minimum absolute atomic E-state index is 0.0192. The van der Waals surface area contributed by atoms with E-state index in [0.717, 1.165) is 24.9 Å². The lowest BCUT2D eigenvalue weighted by atomic mass is 10.0. The Balaban J connectivity index is 1.72. The minimum Gasteiger partial charge on any atom is -0.325 e. The quantitative estimate of drug-likeness (QED) is 0.779. The summed E-state index contributed by atoms with van der Waals surface area (Å²) in [5, 5.41) is 6.14. The Kier molecular flexibility index (Phi) is 4.33. The number of carbonyl (C=O) groups is 1. The van der Waals surface area contributed by atoms with Gasteiger partial charge in [0.25, 0.3) is 0 Å². The predicted molar refractivity (Wildman–Crippen MR) is 69.9 cm³/mol. The van der Waals surface area contributed by atoms with E-state index >= 15 is 0 Å². The van der Waals surface area contributed by atoms with Crippen molar-refractivity contribution in [1.82, 2.24) is 5.32 Å². The molecule has 1 aromatic carbocycles. The summed E-state index contributed by atoms with van der Waals surface area (Å²) < 4.78 is 0. The van der Waals surface area contributed by atoms with Crippen LogP contribution in [0.15, 0.2) is 42.5 Å². The number of nitrogens with one attached hydrogen (secondary N) is 2. The normalized spacial score (nSPS) is 18.9. The summed E-state index contributed by atoms with van der Waals surface area (Å²) in [5.41, 5.74) is 0.850. The number of amides is 1. The molecule has 1 unspecified atom stereocenters. The van der Waals surface area contributed by atoms with Gasteiger partial charge in [-0.25, -0.2) is 0 Å². The van der Waals surface area contributed by atoms with Crippen LogP contribution in [-0.2, 0) is 4.79 Å². The van der Waals surface area contributed by atoms with Crippen molar-refractivity contribution in [2.24, 2.45) is 0 Å². The Morgan fingerprint density at radius 3 is 2.76 bits per heavy atom. The van der Waals surface area contributed by atoms with Crippen LogP contribution in [0, 0.1) is 0 Å². The Morgan fingerprint density at radius 1 is 1.24 bits per heavy atom. The number of benzene rings is 1. The molecule has 17 heavy (non-hydrogen) atoms. The van der Waals surface area contributed by atoms with E-state index < -0.39 is 0 Å². The van der Waals surface area contributed by atoms with Gasteiger partial charge in [0.2, 0.25) is 5.91 Å². The molecule has 0 saturated heterocycles. The zero-order valence-corrected chi connectivity index (χ0v) is 9.86. The van der Waals surface area contributed by atoms with Crippen molar-refractivity contribution < 1.29 is 4.79 Å². The topological polar surface area (TPSA) is 41.1 Å². The smallest absolute Gasteiger partial charge is 0.238 e. The van der Waals surface area contributed by atoms with Crippen molar-refractivity contribution in [2.75, 3.05) is 11.9 Å². The molecule has 1 aromatic rings. The minimum atomic E-state index is 0.0192. The number of para-hydroxylation sites is 1. The molecule has 2 N–H and O–H groups in total. The molecule has 90 valence electrons. The largest absolute Gasteiger partial charge is 0.325 e. The second-order valence-corrected chi connectivity index (χ2v) is 4.28. The number of carbonyl (C=O) groups excluding carboxylic acids is 1. The first-order chi connectivity index (χ1) is 8.34. The van der Waals surface area contributed by atoms with E-state index in [1.54, 1.807) is 0 Å². The van der Waals surface area contributed by atoms with Crippen molar-refractivity contribution in [2.45, 2.75) is 25.3 Å². The van der Waals surface area contributed by atoms with Gasteiger partial charge in [0, 0.05) is 11.7 Å². The van der Waals surface area contributed by atoms with Crippen molar-refractivity contribution in [3.05, 3.63) is 42.5 Å². The summed E-state index contributed by atoms with van der Waals surface area (Å²) in [6, 6.07) is 9.98. The second kappa shape index (κ2) is 6.21. The van der Waals surface area contributed by atoms with Crippen molar-refractivity contribution in [3.63, 3.8) is 0 Å². The molecule has 2 rings (SSSR count). The second-order valence-electron chi connectivity index (χ2n) is 4.28. The van der Waals surface area contributed by atoms with Crippen LogP contribution in [0.1, 0.15) is 19.3 Å². The highest BCUT2D eigenvalue weighted by atomic mass is 16.1. The van der Waals surface area contributed by atoms with Gasteiger partial charge in [-0.1, -0.05) is 30.4 Å². The maximum Gasteiger partial charge on any atom is 0.238 e. The molecule has 0 aromatic heterocycles. The molecule has 3 nitrogen and oxygen atoms in total. The van der Waals surface area contributed by atoms with Crippen molar-refractivity contribution >= 4 is 11.6 Å². The maximum absolute atomic E-state index is 11.7. The number of allylic oxidation sites excluding steroid dienone is 1. The fourth-order valence-electron chi connectivity index (χ4n) is 1.94. The molecule has 0 bridgehead atoms. The number of hydrogen-bond acceptors (Lipinski definition) is 2. The molecule has 1 amide bonds. The molecule has 1 atom stereocenters. The fourth-order valence-corrected chi connectivity index (χ4v) is 1.94.